The summed E-state index contributed by atoms with van der Waals surface area (Å²) in [5.74, 6) is 0.149. The van der Waals surface area contributed by atoms with Crippen LogP contribution in [0.25, 0.3) is 0 Å². The van der Waals surface area contributed by atoms with Gasteiger partial charge in [-0.05, 0) is 75.6 Å². The summed E-state index contributed by atoms with van der Waals surface area (Å²) in [5, 5.41) is 13.4. The highest BCUT2D eigenvalue weighted by Gasteiger charge is 2.50. The first-order valence-corrected chi connectivity index (χ1v) is 14.0. The molecule has 1 aromatic heterocycles. The summed E-state index contributed by atoms with van der Waals surface area (Å²) in [6.07, 6.45) is -1.18. The molecule has 0 bridgehead atoms. The van der Waals surface area contributed by atoms with Gasteiger partial charge < -0.3 is 20.2 Å². The number of piperidine rings is 1. The van der Waals surface area contributed by atoms with Crippen molar-refractivity contribution in [2.75, 3.05) is 36.4 Å². The molecule has 2 atom stereocenters. The van der Waals surface area contributed by atoms with Gasteiger partial charge in [0.2, 0.25) is 5.95 Å². The van der Waals surface area contributed by atoms with Gasteiger partial charge in [0, 0.05) is 41.8 Å². The lowest BCUT2D eigenvalue weighted by Gasteiger charge is -2.52. The molecular formula is C27H32Cl2F3N5O2. The summed E-state index contributed by atoms with van der Waals surface area (Å²) in [6, 6.07) is 5.80. The van der Waals surface area contributed by atoms with Gasteiger partial charge in [-0.25, -0.2) is 4.98 Å². The second kappa shape index (κ2) is 10.6. The number of nitrogens with one attached hydrogen (secondary N) is 1. The Kier molecular flexibility index (Phi) is 7.67. The Morgan fingerprint density at radius 2 is 1.87 bits per heavy atom. The third kappa shape index (κ3) is 5.93. The van der Waals surface area contributed by atoms with Crippen LogP contribution in [-0.2, 0) is 11.0 Å². The molecule has 2 saturated heterocycles. The molecular weight excluding hydrogens is 554 g/mol. The average Bonchev–Trinajstić information content (AvgIpc) is 2.80. The van der Waals surface area contributed by atoms with Crippen LogP contribution in [0.1, 0.15) is 56.8 Å². The molecule has 212 valence electrons. The number of hydrogen-bond donors (Lipinski definition) is 2. The number of aliphatic carboxylic acids is 1. The van der Waals surface area contributed by atoms with Crippen molar-refractivity contribution in [3.63, 3.8) is 0 Å². The second-order valence-corrected chi connectivity index (χ2v) is 12.3. The van der Waals surface area contributed by atoms with Crippen LogP contribution in [0.2, 0.25) is 10.0 Å². The number of anilines is 2. The highest BCUT2D eigenvalue weighted by Crippen LogP contribution is 2.45. The molecule has 0 spiro atoms. The molecule has 1 saturated carbocycles. The van der Waals surface area contributed by atoms with E-state index in [9.17, 15) is 23.1 Å². The maximum absolute atomic E-state index is 13.7. The van der Waals surface area contributed by atoms with E-state index < -0.39 is 29.3 Å². The first-order valence-electron chi connectivity index (χ1n) is 13.2. The zero-order valence-corrected chi connectivity index (χ0v) is 23.3. The smallest absolute Gasteiger partial charge is 0.433 e. The molecule has 12 heteroatoms. The van der Waals surface area contributed by atoms with Crippen LogP contribution in [0.5, 0.6) is 0 Å². The quantitative estimate of drug-likeness (QED) is 0.390. The molecule has 3 aliphatic rings. The van der Waals surface area contributed by atoms with Crippen molar-refractivity contribution < 1.29 is 23.1 Å². The van der Waals surface area contributed by atoms with Gasteiger partial charge in [-0.2, -0.15) is 18.2 Å². The normalized spacial score (nSPS) is 27.0. The minimum absolute atomic E-state index is 0.0573. The Morgan fingerprint density at radius 1 is 1.15 bits per heavy atom. The first kappa shape index (κ1) is 28.2. The van der Waals surface area contributed by atoms with Crippen molar-refractivity contribution in [1.29, 1.82) is 0 Å². The van der Waals surface area contributed by atoms with Crippen molar-refractivity contribution in [1.82, 2.24) is 14.9 Å². The molecule has 2 aromatic rings. The van der Waals surface area contributed by atoms with Crippen LogP contribution in [0, 0.1) is 17.3 Å². The lowest BCUT2D eigenvalue weighted by Crippen LogP contribution is -2.58. The zero-order chi connectivity index (χ0) is 28.1. The SMILES string of the molecule is C[C@@H](Nc1cc(C(F)(F)F)nc(N2CC([C@H]3CCCN(C4CC(C)(C(=O)O)C4)C3)C2)n1)c1ccc(Cl)cc1Cl. The fourth-order valence-electron chi connectivity index (χ4n) is 6.09. The maximum Gasteiger partial charge on any atom is 0.433 e. The van der Waals surface area contributed by atoms with Crippen LogP contribution in [-0.4, -0.2) is 58.2 Å². The summed E-state index contributed by atoms with van der Waals surface area (Å²) in [4.78, 5) is 24.0. The molecule has 39 heavy (non-hydrogen) atoms. The topological polar surface area (TPSA) is 81.6 Å². The Balaban J connectivity index is 1.24. The van der Waals surface area contributed by atoms with Crippen LogP contribution in [0.3, 0.4) is 0 Å². The number of aromatic nitrogens is 2. The minimum atomic E-state index is -4.61. The number of carboxylic acids is 1. The number of likely N-dealkylation sites (tertiary alicyclic amines) is 1. The standard InChI is InChI=1S/C27H32Cl2F3N5O2/c1-15(20-6-5-18(28)8-21(20)29)33-23-9-22(27(30,31)32)34-25(35-23)37-13-17(14-37)16-4-3-7-36(12-16)19-10-26(2,11-19)24(38)39/h5-6,8-9,15-17,19H,3-4,7,10-14H2,1-2H3,(H,38,39)(H,33,34,35)/t15-,16+,19?,26?/m1/s1. The van der Waals surface area contributed by atoms with E-state index in [0.717, 1.165) is 32.0 Å². The molecule has 3 heterocycles. The molecule has 2 aliphatic heterocycles. The predicted octanol–water partition coefficient (Wildman–Crippen LogP) is 6.38. The van der Waals surface area contributed by atoms with Crippen molar-refractivity contribution >= 4 is 40.9 Å². The van der Waals surface area contributed by atoms with Crippen molar-refractivity contribution in [3.05, 3.63) is 45.6 Å². The molecule has 0 unspecified atom stereocenters. The third-order valence-electron chi connectivity index (χ3n) is 8.55. The number of carbonyl (C=O) groups is 1. The van der Waals surface area contributed by atoms with Gasteiger partial charge in [0.05, 0.1) is 11.5 Å². The van der Waals surface area contributed by atoms with E-state index in [1.165, 1.54) is 0 Å². The predicted molar refractivity (Wildman–Crippen MR) is 144 cm³/mol. The number of halogens is 5. The molecule has 0 radical (unpaired) electrons. The maximum atomic E-state index is 13.7. The largest absolute Gasteiger partial charge is 0.481 e. The summed E-state index contributed by atoms with van der Waals surface area (Å²) < 4.78 is 41.2. The number of alkyl halides is 3. The van der Waals surface area contributed by atoms with Gasteiger partial charge in [0.25, 0.3) is 0 Å². The number of carboxylic acid groups (broad SMARTS) is 1. The third-order valence-corrected chi connectivity index (χ3v) is 9.11. The van der Waals surface area contributed by atoms with Gasteiger partial charge in [-0.15, -0.1) is 0 Å². The van der Waals surface area contributed by atoms with E-state index in [1.54, 1.807) is 36.9 Å². The Labute approximate surface area is 235 Å². The fraction of sp³-hybridized carbons (Fsp3) is 0.593. The van der Waals surface area contributed by atoms with Crippen LogP contribution in [0.15, 0.2) is 24.3 Å². The number of benzene rings is 1. The van der Waals surface area contributed by atoms with Crippen LogP contribution < -0.4 is 10.2 Å². The van der Waals surface area contributed by atoms with E-state index in [2.05, 4.69) is 20.2 Å². The Hall–Kier alpha value is -2.30. The summed E-state index contributed by atoms with van der Waals surface area (Å²) in [5.41, 5.74) is -0.938. The Bertz CT molecular complexity index is 1230. The van der Waals surface area contributed by atoms with Crippen LogP contribution in [0.4, 0.5) is 24.9 Å². The molecule has 0 amide bonds. The summed E-state index contributed by atoms with van der Waals surface area (Å²) in [7, 11) is 0. The monoisotopic (exact) mass is 585 g/mol. The van der Waals surface area contributed by atoms with Crippen molar-refractivity contribution in [2.24, 2.45) is 17.3 Å². The number of rotatable bonds is 7. The molecule has 2 N–H and O–H groups in total. The molecule has 5 rings (SSSR count). The Morgan fingerprint density at radius 3 is 2.51 bits per heavy atom. The lowest BCUT2D eigenvalue weighted by molar-refractivity contribution is -0.158. The van der Waals surface area contributed by atoms with Crippen molar-refractivity contribution in [2.45, 2.75) is 57.8 Å². The van der Waals surface area contributed by atoms with E-state index in [0.29, 0.717) is 59.4 Å². The van der Waals surface area contributed by atoms with E-state index in [4.69, 9.17) is 23.2 Å². The number of nitrogens with zero attached hydrogens (tertiary/aromatic N) is 4. The molecule has 1 aliphatic carbocycles. The van der Waals surface area contributed by atoms with Crippen LogP contribution >= 0.6 is 23.2 Å². The zero-order valence-electron chi connectivity index (χ0n) is 21.8. The van der Waals surface area contributed by atoms with Gasteiger partial charge in [0.1, 0.15) is 5.82 Å². The van der Waals surface area contributed by atoms with E-state index in [1.807, 2.05) is 0 Å². The van der Waals surface area contributed by atoms with Gasteiger partial charge in [0.15, 0.2) is 5.69 Å². The summed E-state index contributed by atoms with van der Waals surface area (Å²) in [6.45, 7) is 6.65. The molecule has 3 fully saturated rings. The molecule has 1 aromatic carbocycles. The number of hydrogen-bond acceptors (Lipinski definition) is 6. The van der Waals surface area contributed by atoms with Gasteiger partial charge in [-0.1, -0.05) is 29.3 Å². The van der Waals surface area contributed by atoms with Gasteiger partial charge in [-0.3, -0.25) is 4.79 Å². The van der Waals surface area contributed by atoms with Crippen molar-refractivity contribution in [3.8, 4) is 0 Å². The summed E-state index contributed by atoms with van der Waals surface area (Å²) >= 11 is 12.3. The molecule has 7 nitrogen and oxygen atoms in total. The minimum Gasteiger partial charge on any atom is -0.481 e. The highest BCUT2D eigenvalue weighted by atomic mass is 35.5. The lowest BCUT2D eigenvalue weighted by atomic mass is 9.65. The second-order valence-electron chi connectivity index (χ2n) is 11.5. The highest BCUT2D eigenvalue weighted by molar-refractivity contribution is 6.35. The average molecular weight is 586 g/mol. The van der Waals surface area contributed by atoms with Gasteiger partial charge >= 0.3 is 12.1 Å². The van der Waals surface area contributed by atoms with E-state index in [-0.39, 0.29) is 11.8 Å². The van der Waals surface area contributed by atoms with E-state index >= 15 is 0 Å². The first-order chi connectivity index (χ1) is 18.3. The fourth-order valence-corrected chi connectivity index (χ4v) is 6.66.